The average Bonchev–Trinajstić information content (AvgIpc) is 4.13. The number of fused-ring (bicyclic) bond motifs is 12. The van der Waals surface area contributed by atoms with Crippen molar-refractivity contribution in [3.05, 3.63) is 260 Å². The van der Waals surface area contributed by atoms with E-state index in [0.29, 0.717) is 5.95 Å². The molecule has 15 aromatic rings. The van der Waals surface area contributed by atoms with Gasteiger partial charge in [-0.25, -0.2) is 9.97 Å². The van der Waals surface area contributed by atoms with Crippen LogP contribution in [-0.4, -0.2) is 23.7 Å². The van der Waals surface area contributed by atoms with Crippen LogP contribution in [0, 0.1) is 0 Å². The molecule has 4 aromatic heterocycles. The number of benzene rings is 11. The summed E-state index contributed by atoms with van der Waals surface area (Å²) in [6.07, 6.45) is 0.891. The molecule has 5 heteroatoms. The van der Waals surface area contributed by atoms with Crippen LogP contribution in [0.4, 0.5) is 0 Å². The molecule has 0 spiro atoms. The summed E-state index contributed by atoms with van der Waals surface area (Å²) < 4.78 is 7.13. The normalized spacial score (nSPS) is 12.3. The van der Waals surface area contributed by atoms with Crippen molar-refractivity contribution >= 4 is 76.2 Å². The highest BCUT2D eigenvalue weighted by atomic mass is 15.2. The zero-order chi connectivity index (χ0) is 48.4. The fourth-order valence-electron chi connectivity index (χ4n) is 12.2. The topological polar surface area (TPSA) is 40.6 Å². The van der Waals surface area contributed by atoms with Gasteiger partial charge in [0.2, 0.25) is 5.95 Å². The standard InChI is InChI=1S/C69H43N5/c1-2-16-45(17-3-1)60-42-61(58-41-67(49-37-48(58)38-49)73-63-26-11-6-20-53(63)54-21-7-12-27-64(54)73)71-69(70-60)74-65-28-13-8-22-55(65)57-35-31-47(40-68(57)74)46-32-36-66-59(39-46)56-23-9-10-25-62(56)72(66)50-33-29-44(30-34-50)52-24-14-18-43-15-4-5-19-51(43)52/h1-37,39-42H,38H2. The van der Waals surface area contributed by atoms with Crippen LogP contribution in [0.25, 0.3) is 138 Å². The van der Waals surface area contributed by atoms with E-state index in [0.717, 1.165) is 67.6 Å². The van der Waals surface area contributed by atoms with Crippen LogP contribution >= 0.6 is 0 Å². The Morgan fingerprint density at radius 2 is 0.811 bits per heavy atom. The third kappa shape index (κ3) is 6.10. The van der Waals surface area contributed by atoms with Gasteiger partial charge >= 0.3 is 0 Å². The van der Waals surface area contributed by atoms with Gasteiger partial charge in [-0.3, -0.25) is 4.57 Å². The van der Waals surface area contributed by atoms with Gasteiger partial charge in [-0.05, 0) is 111 Å². The summed E-state index contributed by atoms with van der Waals surface area (Å²) in [5.74, 6) is 0.642. The number of hydrogen-bond donors (Lipinski definition) is 0. The van der Waals surface area contributed by atoms with Crippen LogP contribution < -0.4 is 0 Å². The van der Waals surface area contributed by atoms with Gasteiger partial charge in [-0.15, -0.1) is 0 Å². The van der Waals surface area contributed by atoms with Crippen LogP contribution in [0.3, 0.4) is 0 Å². The smallest absolute Gasteiger partial charge is 0.235 e. The number of para-hydroxylation sites is 4. The fraction of sp³-hybridized carbons (Fsp3) is 0.0145. The van der Waals surface area contributed by atoms with E-state index in [9.17, 15) is 0 Å². The zero-order valence-corrected chi connectivity index (χ0v) is 40.1. The lowest BCUT2D eigenvalue weighted by atomic mass is 9.85. The predicted octanol–water partition coefficient (Wildman–Crippen LogP) is 17.5. The maximum Gasteiger partial charge on any atom is 0.235 e. The maximum absolute atomic E-state index is 5.59. The quantitative estimate of drug-likeness (QED) is 0.160. The molecule has 0 fully saturated rings. The Bertz CT molecular complexity index is 4740. The summed E-state index contributed by atoms with van der Waals surface area (Å²) in [6, 6.07) is 90.5. The SMILES string of the molecule is c1ccc(-c2cc(-c3cc(-n4c5ccccc5c5ccccc54)c4cc3C4)nc(-n3c4ccccc4c4ccc(-c5ccc6c(c5)c5ccccc5n6-c5ccc(-c6cccc7ccccc67)cc5)cc43)n2)cc1. The van der Waals surface area contributed by atoms with E-state index >= 15 is 0 Å². The molecule has 74 heavy (non-hydrogen) atoms. The lowest BCUT2D eigenvalue weighted by molar-refractivity contribution is 0.983. The molecule has 2 bridgehead atoms. The van der Waals surface area contributed by atoms with Crippen molar-refractivity contribution in [2.24, 2.45) is 0 Å². The van der Waals surface area contributed by atoms with E-state index in [-0.39, 0.29) is 0 Å². The Hall–Kier alpha value is -9.84. The predicted molar refractivity (Wildman–Crippen MR) is 307 cm³/mol. The summed E-state index contributed by atoms with van der Waals surface area (Å²) in [5.41, 5.74) is 20.5. The first-order chi connectivity index (χ1) is 36.7. The first-order valence-electron chi connectivity index (χ1n) is 25.4. The Morgan fingerprint density at radius 3 is 1.53 bits per heavy atom. The molecule has 17 rings (SSSR count). The van der Waals surface area contributed by atoms with E-state index in [2.05, 4.69) is 262 Å². The minimum atomic E-state index is 0.642. The molecule has 5 nitrogen and oxygen atoms in total. The second-order valence-electron chi connectivity index (χ2n) is 19.7. The second-order valence-corrected chi connectivity index (χ2v) is 19.7. The second kappa shape index (κ2) is 15.8. The van der Waals surface area contributed by atoms with Crippen molar-refractivity contribution in [2.45, 2.75) is 6.42 Å². The van der Waals surface area contributed by atoms with Crippen LogP contribution in [0.2, 0.25) is 0 Å². The Morgan fingerprint density at radius 1 is 0.284 bits per heavy atom. The van der Waals surface area contributed by atoms with E-state index in [1.54, 1.807) is 0 Å². The molecule has 0 N–H and O–H groups in total. The molecule has 0 atom stereocenters. The van der Waals surface area contributed by atoms with E-state index in [1.807, 2.05) is 0 Å². The fourth-order valence-corrected chi connectivity index (χ4v) is 12.2. The van der Waals surface area contributed by atoms with E-state index in [1.165, 1.54) is 82.3 Å². The van der Waals surface area contributed by atoms with Gasteiger partial charge in [0, 0.05) is 55.6 Å². The van der Waals surface area contributed by atoms with Crippen molar-refractivity contribution < 1.29 is 0 Å². The monoisotopic (exact) mass is 941 g/mol. The molecule has 0 unspecified atom stereocenters. The highest BCUT2D eigenvalue weighted by Gasteiger charge is 2.26. The zero-order valence-electron chi connectivity index (χ0n) is 40.1. The molecule has 344 valence electrons. The number of nitrogens with zero attached hydrogens (tertiary/aromatic N) is 5. The highest BCUT2D eigenvalue weighted by Crippen LogP contribution is 2.44. The molecule has 0 aliphatic heterocycles. The van der Waals surface area contributed by atoms with Gasteiger partial charge in [0.25, 0.3) is 0 Å². The molecule has 4 heterocycles. The van der Waals surface area contributed by atoms with Gasteiger partial charge in [0.1, 0.15) is 0 Å². The van der Waals surface area contributed by atoms with Crippen molar-refractivity contribution in [3.63, 3.8) is 0 Å². The molecule has 11 aromatic carbocycles. The van der Waals surface area contributed by atoms with Gasteiger partial charge in [0.05, 0.1) is 50.2 Å². The van der Waals surface area contributed by atoms with Crippen LogP contribution in [0.1, 0.15) is 11.1 Å². The third-order valence-corrected chi connectivity index (χ3v) is 15.7. The number of rotatable bonds is 7. The van der Waals surface area contributed by atoms with Crippen molar-refractivity contribution in [1.29, 1.82) is 0 Å². The van der Waals surface area contributed by atoms with Gasteiger partial charge in [-0.2, -0.15) is 0 Å². The maximum atomic E-state index is 5.59. The van der Waals surface area contributed by atoms with Gasteiger partial charge in [0.15, 0.2) is 0 Å². The molecule has 0 amide bonds. The molecule has 0 saturated heterocycles. The Balaban J connectivity index is 0.850. The summed E-state index contributed by atoms with van der Waals surface area (Å²) in [6.45, 7) is 0. The first-order valence-corrected chi connectivity index (χ1v) is 25.4. The number of hydrogen-bond acceptors (Lipinski definition) is 2. The largest absolute Gasteiger partial charge is 0.309 e. The van der Waals surface area contributed by atoms with Crippen LogP contribution in [0.5, 0.6) is 0 Å². The van der Waals surface area contributed by atoms with Crippen molar-refractivity contribution in [1.82, 2.24) is 23.7 Å². The minimum Gasteiger partial charge on any atom is -0.309 e. The summed E-state index contributed by atoms with van der Waals surface area (Å²) in [5, 5.41) is 9.77. The summed E-state index contributed by atoms with van der Waals surface area (Å²) in [4.78, 5) is 11.1. The first kappa shape index (κ1) is 40.8. The summed E-state index contributed by atoms with van der Waals surface area (Å²) in [7, 11) is 0. The Kier molecular flexibility index (Phi) is 8.74. The molecule has 0 saturated carbocycles. The third-order valence-electron chi connectivity index (χ3n) is 15.7. The van der Waals surface area contributed by atoms with Crippen LogP contribution in [0.15, 0.2) is 249 Å². The molecule has 2 aliphatic rings. The Labute approximate surface area is 426 Å². The van der Waals surface area contributed by atoms with Crippen molar-refractivity contribution in [2.75, 3.05) is 0 Å². The molecular formula is C69H43N5. The average molecular weight is 942 g/mol. The highest BCUT2D eigenvalue weighted by molar-refractivity contribution is 6.13. The minimum absolute atomic E-state index is 0.642. The lowest BCUT2D eigenvalue weighted by Crippen LogP contribution is -2.12. The molecule has 0 radical (unpaired) electrons. The van der Waals surface area contributed by atoms with Crippen molar-refractivity contribution in [3.8, 4) is 62.1 Å². The molecule has 2 aliphatic carbocycles. The number of aromatic nitrogens is 5. The van der Waals surface area contributed by atoms with Gasteiger partial charge < -0.3 is 9.13 Å². The van der Waals surface area contributed by atoms with Crippen LogP contribution in [-0.2, 0) is 6.42 Å². The van der Waals surface area contributed by atoms with E-state index in [4.69, 9.17) is 9.97 Å². The van der Waals surface area contributed by atoms with E-state index < -0.39 is 0 Å². The molecular weight excluding hydrogens is 899 g/mol. The van der Waals surface area contributed by atoms with Gasteiger partial charge in [-0.1, -0.05) is 182 Å². The summed E-state index contributed by atoms with van der Waals surface area (Å²) >= 11 is 0. The lowest BCUT2D eigenvalue weighted by Gasteiger charge is -2.25.